The minimum absolute atomic E-state index is 0.0342. The van der Waals surface area contributed by atoms with Crippen molar-refractivity contribution in [1.82, 2.24) is 26.6 Å². The van der Waals surface area contributed by atoms with Gasteiger partial charge in [-0.2, -0.15) is 0 Å². The highest BCUT2D eigenvalue weighted by Gasteiger charge is 2.28. The molecule has 0 unspecified atom stereocenters. The Labute approximate surface area is 226 Å². The summed E-state index contributed by atoms with van der Waals surface area (Å²) in [5, 5.41) is 30.0. The van der Waals surface area contributed by atoms with Gasteiger partial charge < -0.3 is 42.5 Å². The van der Waals surface area contributed by atoms with Gasteiger partial charge in [-0.3, -0.25) is 28.8 Å². The van der Waals surface area contributed by atoms with Crippen LogP contribution in [0.5, 0.6) is 5.75 Å². The molecule has 1 aromatic carbocycles. The molecule has 0 radical (unpaired) electrons. The number of amides is 5. The Morgan fingerprint density at radius 1 is 0.744 bits per heavy atom. The normalized spacial score (nSPS) is 13.1. The van der Waals surface area contributed by atoms with Crippen LogP contribution in [-0.2, 0) is 35.2 Å². The molecule has 1 aromatic rings. The lowest BCUT2D eigenvalue weighted by Crippen LogP contribution is -2.56. The van der Waals surface area contributed by atoms with Crippen molar-refractivity contribution in [2.24, 2.45) is 17.6 Å². The van der Waals surface area contributed by atoms with E-state index in [-0.39, 0.29) is 24.0 Å². The Morgan fingerprint density at radius 3 is 1.85 bits per heavy atom. The highest BCUT2D eigenvalue weighted by atomic mass is 16.4. The number of nitrogens with one attached hydrogen (secondary N) is 5. The van der Waals surface area contributed by atoms with Gasteiger partial charge in [-0.15, -0.1) is 0 Å². The van der Waals surface area contributed by atoms with E-state index in [1.54, 1.807) is 39.8 Å². The third-order valence-electron chi connectivity index (χ3n) is 5.58. The van der Waals surface area contributed by atoms with Crippen molar-refractivity contribution < 1.29 is 39.0 Å². The maximum Gasteiger partial charge on any atom is 0.322 e. The molecule has 14 heteroatoms. The van der Waals surface area contributed by atoms with Gasteiger partial charge in [0.15, 0.2) is 0 Å². The van der Waals surface area contributed by atoms with Gasteiger partial charge in [-0.05, 0) is 29.5 Å². The second-order valence-corrected chi connectivity index (χ2v) is 9.60. The van der Waals surface area contributed by atoms with E-state index in [2.05, 4.69) is 26.6 Å². The highest BCUT2D eigenvalue weighted by Crippen LogP contribution is 2.12. The number of hydrogen-bond acceptors (Lipinski definition) is 8. The summed E-state index contributed by atoms with van der Waals surface area (Å²) in [7, 11) is 0. The predicted octanol–water partition coefficient (Wildman–Crippen LogP) is -2.02. The molecular formula is C25H38N6O8. The van der Waals surface area contributed by atoms with Crippen molar-refractivity contribution in [3.05, 3.63) is 29.8 Å². The number of carbonyl (C=O) groups excluding carboxylic acids is 5. The Kier molecular flexibility index (Phi) is 13.4. The summed E-state index contributed by atoms with van der Waals surface area (Å²) in [6.07, 6.45) is 0.0608. The van der Waals surface area contributed by atoms with Crippen molar-refractivity contribution in [2.75, 3.05) is 19.6 Å². The number of aromatic hydroxyl groups is 1. The Balaban J connectivity index is 2.78. The Bertz CT molecular complexity index is 1030. The number of phenolic OH excluding ortho intramolecular Hbond substituents is 1. The lowest BCUT2D eigenvalue weighted by Gasteiger charge is -2.23. The van der Waals surface area contributed by atoms with Gasteiger partial charge in [0.1, 0.15) is 24.4 Å². The molecule has 5 amide bonds. The van der Waals surface area contributed by atoms with Crippen LogP contribution in [0.25, 0.3) is 0 Å². The van der Waals surface area contributed by atoms with Crippen LogP contribution in [0.15, 0.2) is 24.3 Å². The number of rotatable bonds is 15. The van der Waals surface area contributed by atoms with Crippen molar-refractivity contribution in [2.45, 2.75) is 52.2 Å². The van der Waals surface area contributed by atoms with Gasteiger partial charge in [0, 0.05) is 6.42 Å². The largest absolute Gasteiger partial charge is 0.508 e. The van der Waals surface area contributed by atoms with E-state index in [4.69, 9.17) is 10.8 Å². The number of carbonyl (C=O) groups is 6. The van der Waals surface area contributed by atoms with Crippen LogP contribution in [0.3, 0.4) is 0 Å². The molecule has 0 aliphatic carbocycles. The topological polar surface area (TPSA) is 229 Å². The third kappa shape index (κ3) is 12.3. The molecule has 216 valence electrons. The van der Waals surface area contributed by atoms with E-state index in [9.17, 15) is 33.9 Å². The van der Waals surface area contributed by atoms with Gasteiger partial charge in [0.05, 0.1) is 19.1 Å². The molecule has 14 nitrogen and oxygen atoms in total. The second kappa shape index (κ2) is 15.9. The molecule has 0 aliphatic heterocycles. The molecule has 39 heavy (non-hydrogen) atoms. The lowest BCUT2D eigenvalue weighted by atomic mass is 10.0. The van der Waals surface area contributed by atoms with E-state index in [0.29, 0.717) is 5.56 Å². The van der Waals surface area contributed by atoms with E-state index in [1.165, 1.54) is 12.1 Å². The van der Waals surface area contributed by atoms with Crippen LogP contribution in [0.4, 0.5) is 0 Å². The van der Waals surface area contributed by atoms with Crippen LogP contribution in [0.1, 0.15) is 33.3 Å². The van der Waals surface area contributed by atoms with Gasteiger partial charge in [-0.1, -0.05) is 39.8 Å². The third-order valence-corrected chi connectivity index (χ3v) is 5.58. The zero-order valence-corrected chi connectivity index (χ0v) is 22.4. The van der Waals surface area contributed by atoms with Crippen LogP contribution in [0, 0.1) is 11.8 Å². The smallest absolute Gasteiger partial charge is 0.322 e. The molecule has 0 spiro atoms. The molecule has 0 aromatic heterocycles. The quantitative estimate of drug-likeness (QED) is 0.120. The first-order valence-electron chi connectivity index (χ1n) is 12.4. The highest BCUT2D eigenvalue weighted by molar-refractivity contribution is 5.94. The number of nitrogens with two attached hydrogens (primary N) is 1. The second-order valence-electron chi connectivity index (χ2n) is 9.60. The van der Waals surface area contributed by atoms with Crippen LogP contribution >= 0.6 is 0 Å². The fourth-order valence-electron chi connectivity index (χ4n) is 3.21. The summed E-state index contributed by atoms with van der Waals surface area (Å²) in [4.78, 5) is 72.6. The van der Waals surface area contributed by atoms with Crippen molar-refractivity contribution in [3.8, 4) is 5.75 Å². The van der Waals surface area contributed by atoms with Crippen molar-refractivity contribution in [1.29, 1.82) is 0 Å². The molecule has 1 rings (SSSR count). The average molecular weight is 551 g/mol. The minimum atomic E-state index is -1.24. The SMILES string of the molecule is CC(C)[C@H](N)C(=O)N[C@@H](Cc1ccc(O)cc1)C(=O)NCC(=O)N[C@H](C(=O)NCC(=O)NCC(=O)O)C(C)C. The van der Waals surface area contributed by atoms with Crippen molar-refractivity contribution in [3.63, 3.8) is 0 Å². The predicted molar refractivity (Wildman–Crippen MR) is 140 cm³/mol. The van der Waals surface area contributed by atoms with Gasteiger partial charge in [-0.25, -0.2) is 0 Å². The number of hydrogen-bond donors (Lipinski definition) is 8. The summed E-state index contributed by atoms with van der Waals surface area (Å²) >= 11 is 0. The fourth-order valence-corrected chi connectivity index (χ4v) is 3.21. The molecular weight excluding hydrogens is 512 g/mol. The summed E-state index contributed by atoms with van der Waals surface area (Å²) in [5.74, 6) is -5.06. The number of phenols is 1. The maximum absolute atomic E-state index is 12.9. The van der Waals surface area contributed by atoms with Gasteiger partial charge >= 0.3 is 5.97 Å². The number of benzene rings is 1. The molecule has 9 N–H and O–H groups in total. The first kappa shape index (κ1) is 32.8. The molecule has 0 bridgehead atoms. The minimum Gasteiger partial charge on any atom is -0.508 e. The zero-order chi connectivity index (χ0) is 29.7. The monoisotopic (exact) mass is 550 g/mol. The Hall–Kier alpha value is -4.20. The molecule has 0 saturated carbocycles. The zero-order valence-electron chi connectivity index (χ0n) is 22.4. The lowest BCUT2D eigenvalue weighted by molar-refractivity contribution is -0.138. The number of aliphatic carboxylic acids is 1. The van der Waals surface area contributed by atoms with Crippen LogP contribution < -0.4 is 32.3 Å². The van der Waals surface area contributed by atoms with Gasteiger partial charge in [0.25, 0.3) is 0 Å². The summed E-state index contributed by atoms with van der Waals surface area (Å²) in [5.41, 5.74) is 6.54. The summed E-state index contributed by atoms with van der Waals surface area (Å²) in [6.45, 7) is 5.24. The summed E-state index contributed by atoms with van der Waals surface area (Å²) < 4.78 is 0. The molecule has 0 saturated heterocycles. The first-order chi connectivity index (χ1) is 18.2. The van der Waals surface area contributed by atoms with Crippen LogP contribution in [-0.4, -0.2) is 83.5 Å². The number of carboxylic acid groups (broad SMARTS) is 1. The molecule has 0 heterocycles. The molecule has 0 fully saturated rings. The van der Waals surface area contributed by atoms with Crippen LogP contribution in [0.2, 0.25) is 0 Å². The number of carboxylic acids is 1. The van der Waals surface area contributed by atoms with E-state index >= 15 is 0 Å². The maximum atomic E-state index is 12.9. The average Bonchev–Trinajstić information content (AvgIpc) is 2.87. The van der Waals surface area contributed by atoms with E-state index in [0.717, 1.165) is 0 Å². The van der Waals surface area contributed by atoms with Crippen molar-refractivity contribution >= 4 is 35.5 Å². The fraction of sp³-hybridized carbons (Fsp3) is 0.520. The van der Waals surface area contributed by atoms with Gasteiger partial charge in [0.2, 0.25) is 29.5 Å². The molecule has 0 aliphatic rings. The molecule has 3 atom stereocenters. The summed E-state index contributed by atoms with van der Waals surface area (Å²) in [6, 6.07) is 3.07. The standard InChI is InChI=1S/C25H38N6O8/c1-13(2)21(26)24(38)30-17(9-15-5-7-16(32)8-6-15)23(37)28-11-19(34)31-22(14(3)4)25(39)29-10-18(33)27-12-20(35)36/h5-8,13-14,17,21-22,32H,9-12,26H2,1-4H3,(H,27,33)(H,28,37)(H,29,39)(H,30,38)(H,31,34)(H,35,36)/t17-,21-,22-/m0/s1. The van der Waals surface area contributed by atoms with E-state index < -0.39 is 73.3 Å². The first-order valence-corrected chi connectivity index (χ1v) is 12.4. The van der Waals surface area contributed by atoms with E-state index in [1.807, 2.05) is 0 Å². The Morgan fingerprint density at radius 2 is 1.31 bits per heavy atom.